The fourth-order valence-corrected chi connectivity index (χ4v) is 3.12. The van der Waals surface area contributed by atoms with Crippen molar-refractivity contribution in [2.45, 2.75) is 44.4 Å². The maximum absolute atomic E-state index is 13.6. The summed E-state index contributed by atoms with van der Waals surface area (Å²) in [5.74, 6) is -0.879. The molecule has 1 unspecified atom stereocenters. The summed E-state index contributed by atoms with van der Waals surface area (Å²) in [6.07, 6.45) is -2.65. The van der Waals surface area contributed by atoms with E-state index in [9.17, 15) is 17.6 Å². The molecule has 2 rings (SSSR count). The van der Waals surface area contributed by atoms with E-state index in [1.807, 2.05) is 13.8 Å². The highest BCUT2D eigenvalue weighted by atomic mass is 19.4. The van der Waals surface area contributed by atoms with Crippen molar-refractivity contribution in [1.29, 1.82) is 0 Å². The first-order chi connectivity index (χ1) is 9.65. The van der Waals surface area contributed by atoms with Gasteiger partial charge in [0.05, 0.1) is 5.56 Å². The Kier molecular flexibility index (Phi) is 4.31. The molecule has 21 heavy (non-hydrogen) atoms. The Morgan fingerprint density at radius 2 is 1.95 bits per heavy atom. The van der Waals surface area contributed by atoms with E-state index in [0.717, 1.165) is 31.5 Å². The first-order valence-electron chi connectivity index (χ1n) is 6.99. The van der Waals surface area contributed by atoms with Crippen LogP contribution in [0.25, 0.3) is 0 Å². The van der Waals surface area contributed by atoms with E-state index in [0.29, 0.717) is 11.6 Å². The third kappa shape index (κ3) is 3.37. The van der Waals surface area contributed by atoms with Crippen molar-refractivity contribution in [2.75, 3.05) is 13.1 Å². The van der Waals surface area contributed by atoms with Gasteiger partial charge >= 0.3 is 6.18 Å². The first kappa shape index (κ1) is 16.2. The summed E-state index contributed by atoms with van der Waals surface area (Å²) in [6, 6.07) is 2.28. The zero-order valence-corrected chi connectivity index (χ0v) is 12.2. The molecular formula is C15H20F4N2. The molecule has 0 aromatic heterocycles. The van der Waals surface area contributed by atoms with Crippen LogP contribution in [-0.2, 0) is 6.18 Å². The van der Waals surface area contributed by atoms with Crippen LogP contribution in [-0.4, -0.2) is 23.5 Å². The van der Waals surface area contributed by atoms with E-state index in [4.69, 9.17) is 5.73 Å². The van der Waals surface area contributed by atoms with E-state index in [1.165, 1.54) is 0 Å². The van der Waals surface area contributed by atoms with Gasteiger partial charge in [-0.2, -0.15) is 13.2 Å². The summed E-state index contributed by atoms with van der Waals surface area (Å²) in [7, 11) is 0. The average molecular weight is 304 g/mol. The molecular weight excluding hydrogens is 284 g/mol. The quantitative estimate of drug-likeness (QED) is 0.862. The topological polar surface area (TPSA) is 29.3 Å². The predicted molar refractivity (Wildman–Crippen MR) is 73.2 cm³/mol. The van der Waals surface area contributed by atoms with Crippen molar-refractivity contribution in [3.8, 4) is 0 Å². The molecule has 1 aromatic carbocycles. The molecule has 0 aliphatic carbocycles. The number of halogens is 4. The molecule has 118 valence electrons. The third-order valence-corrected chi connectivity index (χ3v) is 4.20. The van der Waals surface area contributed by atoms with Gasteiger partial charge in [0.2, 0.25) is 0 Å². The highest BCUT2D eigenvalue weighted by Gasteiger charge is 2.38. The smallest absolute Gasteiger partial charge is 0.329 e. The highest BCUT2D eigenvalue weighted by molar-refractivity contribution is 5.30. The van der Waals surface area contributed by atoms with E-state index in [2.05, 4.69) is 4.90 Å². The highest BCUT2D eigenvalue weighted by Crippen LogP contribution is 2.38. The number of hydrogen-bond acceptors (Lipinski definition) is 2. The molecule has 0 saturated carbocycles. The number of hydrogen-bond donors (Lipinski definition) is 1. The minimum Gasteiger partial charge on any atom is -0.329 e. The molecule has 0 bridgehead atoms. The number of likely N-dealkylation sites (tertiary alicyclic amines) is 1. The van der Waals surface area contributed by atoms with Gasteiger partial charge in [-0.3, -0.25) is 4.90 Å². The number of rotatable bonds is 3. The molecule has 1 fully saturated rings. The standard InChI is InChI=1S/C15H20F4N2/c1-14(2)4-3-5-21(14)13(9-20)10-6-11(15(17,18)19)8-12(16)7-10/h6-8,13H,3-5,9,20H2,1-2H3. The van der Waals surface area contributed by atoms with Crippen LogP contribution < -0.4 is 5.73 Å². The number of nitrogens with two attached hydrogens (primary N) is 1. The van der Waals surface area contributed by atoms with Gasteiger partial charge in [0.25, 0.3) is 0 Å². The Labute approximate surface area is 121 Å². The third-order valence-electron chi connectivity index (χ3n) is 4.20. The van der Waals surface area contributed by atoms with Gasteiger partial charge in [0.1, 0.15) is 5.82 Å². The molecule has 6 heteroatoms. The van der Waals surface area contributed by atoms with Gasteiger partial charge in [-0.15, -0.1) is 0 Å². The molecule has 1 heterocycles. The fraction of sp³-hybridized carbons (Fsp3) is 0.600. The fourth-order valence-electron chi connectivity index (χ4n) is 3.12. The van der Waals surface area contributed by atoms with Crippen molar-refractivity contribution < 1.29 is 17.6 Å². The van der Waals surface area contributed by atoms with E-state index >= 15 is 0 Å². The molecule has 2 nitrogen and oxygen atoms in total. The van der Waals surface area contributed by atoms with E-state index < -0.39 is 23.6 Å². The zero-order chi connectivity index (χ0) is 15.8. The Balaban J connectivity index is 2.41. The summed E-state index contributed by atoms with van der Waals surface area (Å²) < 4.78 is 52.1. The van der Waals surface area contributed by atoms with Crippen molar-refractivity contribution >= 4 is 0 Å². The lowest BCUT2D eigenvalue weighted by atomic mass is 9.96. The largest absolute Gasteiger partial charge is 0.416 e. The van der Waals surface area contributed by atoms with Crippen LogP contribution >= 0.6 is 0 Å². The molecule has 1 aliphatic heterocycles. The van der Waals surface area contributed by atoms with Crippen molar-refractivity contribution in [3.63, 3.8) is 0 Å². The summed E-state index contributed by atoms with van der Waals surface area (Å²) in [5.41, 5.74) is 4.95. The minimum atomic E-state index is -4.56. The monoisotopic (exact) mass is 304 g/mol. The first-order valence-corrected chi connectivity index (χ1v) is 6.99. The average Bonchev–Trinajstić information content (AvgIpc) is 2.69. The second-order valence-electron chi connectivity index (χ2n) is 6.13. The van der Waals surface area contributed by atoms with Crippen LogP contribution in [0.4, 0.5) is 17.6 Å². The lowest BCUT2D eigenvalue weighted by molar-refractivity contribution is -0.137. The summed E-state index contributed by atoms with van der Waals surface area (Å²) in [6.45, 7) is 4.98. The van der Waals surface area contributed by atoms with Gasteiger partial charge in [-0.25, -0.2) is 4.39 Å². The van der Waals surface area contributed by atoms with Crippen LogP contribution in [0.15, 0.2) is 18.2 Å². The van der Waals surface area contributed by atoms with Crippen LogP contribution in [0, 0.1) is 5.82 Å². The van der Waals surface area contributed by atoms with Gasteiger partial charge in [0, 0.05) is 18.1 Å². The Hall–Kier alpha value is -1.14. The van der Waals surface area contributed by atoms with Gasteiger partial charge in [0.15, 0.2) is 0 Å². The van der Waals surface area contributed by atoms with Crippen LogP contribution in [0.2, 0.25) is 0 Å². The van der Waals surface area contributed by atoms with Crippen molar-refractivity contribution in [2.24, 2.45) is 5.73 Å². The molecule has 1 atom stereocenters. The summed E-state index contributed by atoms with van der Waals surface area (Å²) in [4.78, 5) is 2.07. The number of benzene rings is 1. The van der Waals surface area contributed by atoms with Gasteiger partial charge in [-0.05, 0) is 57.0 Å². The molecule has 0 amide bonds. The zero-order valence-electron chi connectivity index (χ0n) is 12.2. The van der Waals surface area contributed by atoms with Crippen LogP contribution in [0.3, 0.4) is 0 Å². The molecule has 1 aromatic rings. The number of alkyl halides is 3. The second-order valence-corrected chi connectivity index (χ2v) is 6.13. The van der Waals surface area contributed by atoms with E-state index in [-0.39, 0.29) is 12.1 Å². The molecule has 1 saturated heterocycles. The Bertz CT molecular complexity index is 511. The van der Waals surface area contributed by atoms with Crippen LogP contribution in [0.5, 0.6) is 0 Å². The SMILES string of the molecule is CC1(C)CCCN1C(CN)c1cc(F)cc(C(F)(F)F)c1. The van der Waals surface area contributed by atoms with Crippen molar-refractivity contribution in [3.05, 3.63) is 35.1 Å². The maximum Gasteiger partial charge on any atom is 0.416 e. The maximum atomic E-state index is 13.6. The minimum absolute atomic E-state index is 0.144. The van der Waals surface area contributed by atoms with E-state index in [1.54, 1.807) is 0 Å². The van der Waals surface area contributed by atoms with Gasteiger partial charge < -0.3 is 5.73 Å². The predicted octanol–water partition coefficient (Wildman–Crippen LogP) is 3.72. The van der Waals surface area contributed by atoms with Crippen LogP contribution in [0.1, 0.15) is 43.9 Å². The Morgan fingerprint density at radius 3 is 2.43 bits per heavy atom. The molecule has 2 N–H and O–H groups in total. The normalized spacial score (nSPS) is 20.7. The molecule has 0 radical (unpaired) electrons. The molecule has 1 aliphatic rings. The number of nitrogens with zero attached hydrogens (tertiary/aromatic N) is 1. The summed E-state index contributed by atoms with van der Waals surface area (Å²) >= 11 is 0. The molecule has 0 spiro atoms. The van der Waals surface area contributed by atoms with Crippen molar-refractivity contribution in [1.82, 2.24) is 4.90 Å². The Morgan fingerprint density at radius 1 is 1.29 bits per heavy atom. The van der Waals surface area contributed by atoms with Gasteiger partial charge in [-0.1, -0.05) is 0 Å². The lowest BCUT2D eigenvalue weighted by Gasteiger charge is -2.38. The second kappa shape index (κ2) is 5.57. The summed E-state index contributed by atoms with van der Waals surface area (Å²) in [5, 5.41) is 0. The lowest BCUT2D eigenvalue weighted by Crippen LogP contribution is -2.43.